The van der Waals surface area contributed by atoms with E-state index >= 15 is 0 Å². The molecule has 0 N–H and O–H groups in total. The lowest BCUT2D eigenvalue weighted by molar-refractivity contribution is 0.0735. The van der Waals surface area contributed by atoms with E-state index in [1.807, 2.05) is 18.2 Å². The fourth-order valence-electron chi connectivity index (χ4n) is 2.55. The third kappa shape index (κ3) is 3.74. The van der Waals surface area contributed by atoms with Crippen molar-refractivity contribution in [3.63, 3.8) is 0 Å². The van der Waals surface area contributed by atoms with Gasteiger partial charge in [0.15, 0.2) is 11.6 Å². The maximum Gasteiger partial charge on any atom is 0.343 e. The highest BCUT2D eigenvalue weighted by Crippen LogP contribution is 2.25. The van der Waals surface area contributed by atoms with Gasteiger partial charge < -0.3 is 4.74 Å². The summed E-state index contributed by atoms with van der Waals surface area (Å²) in [6.45, 7) is 3.68. The fourth-order valence-corrected chi connectivity index (χ4v) is 2.55. The molecule has 25 heavy (non-hydrogen) atoms. The summed E-state index contributed by atoms with van der Waals surface area (Å²) in [4.78, 5) is 12.2. The van der Waals surface area contributed by atoms with Crippen molar-refractivity contribution < 1.29 is 18.3 Å². The van der Waals surface area contributed by atoms with Crippen molar-refractivity contribution in [3.05, 3.63) is 90.0 Å². The smallest absolute Gasteiger partial charge is 0.343 e. The topological polar surface area (TPSA) is 26.3 Å². The van der Waals surface area contributed by atoms with Crippen LogP contribution in [-0.4, -0.2) is 5.97 Å². The molecule has 3 aromatic rings. The van der Waals surface area contributed by atoms with Crippen LogP contribution in [0.5, 0.6) is 5.75 Å². The lowest BCUT2D eigenvalue weighted by Crippen LogP contribution is -2.08. The summed E-state index contributed by atoms with van der Waals surface area (Å²) in [5, 5.41) is 0.607. The normalized spacial score (nSPS) is 10.6. The zero-order valence-corrected chi connectivity index (χ0v) is 13.5. The van der Waals surface area contributed by atoms with Gasteiger partial charge in [-0.05, 0) is 60.2 Å². The van der Waals surface area contributed by atoms with Crippen LogP contribution in [0.2, 0.25) is 0 Å². The van der Waals surface area contributed by atoms with Crippen LogP contribution in [0.4, 0.5) is 8.78 Å². The van der Waals surface area contributed by atoms with Crippen molar-refractivity contribution in [3.8, 4) is 5.75 Å². The van der Waals surface area contributed by atoms with Crippen LogP contribution in [0.25, 0.3) is 10.8 Å². The van der Waals surface area contributed by atoms with Crippen LogP contribution < -0.4 is 4.74 Å². The maximum atomic E-state index is 13.7. The number of aryl methyl sites for hydroxylation is 1. The predicted molar refractivity (Wildman–Crippen MR) is 93.8 cm³/mol. The molecule has 0 aromatic heterocycles. The minimum atomic E-state index is -0.912. The van der Waals surface area contributed by atoms with Crippen LogP contribution in [0.15, 0.2) is 67.3 Å². The summed E-state index contributed by atoms with van der Waals surface area (Å²) < 4.78 is 32.2. The van der Waals surface area contributed by atoms with Crippen LogP contribution in [0, 0.1) is 11.6 Å². The van der Waals surface area contributed by atoms with Crippen molar-refractivity contribution in [1.82, 2.24) is 0 Å². The number of halogens is 2. The Morgan fingerprint density at radius 2 is 1.80 bits per heavy atom. The van der Waals surface area contributed by atoms with E-state index in [1.165, 1.54) is 24.3 Å². The predicted octanol–water partition coefficient (Wildman–Crippen LogP) is 5.46. The highest BCUT2D eigenvalue weighted by molar-refractivity contribution is 5.92. The molecule has 3 aromatic carbocycles. The molecule has 0 spiro atoms. The molecular weight excluding hydrogens is 322 g/mol. The van der Waals surface area contributed by atoms with Gasteiger partial charge in [-0.25, -0.2) is 13.6 Å². The van der Waals surface area contributed by atoms with Gasteiger partial charge in [0.1, 0.15) is 5.75 Å². The zero-order chi connectivity index (χ0) is 17.8. The van der Waals surface area contributed by atoms with Gasteiger partial charge in [0.25, 0.3) is 0 Å². The van der Waals surface area contributed by atoms with E-state index in [-0.39, 0.29) is 11.1 Å². The molecule has 0 aliphatic rings. The monoisotopic (exact) mass is 338 g/mol. The first-order valence-electron chi connectivity index (χ1n) is 7.88. The summed E-state index contributed by atoms with van der Waals surface area (Å²) in [7, 11) is 0. The lowest BCUT2D eigenvalue weighted by Gasteiger charge is -2.07. The number of rotatable bonds is 5. The number of carbonyl (C=O) groups is 1. The Bertz CT molecular complexity index is 931. The van der Waals surface area contributed by atoms with E-state index in [0.717, 1.165) is 24.5 Å². The Morgan fingerprint density at radius 3 is 2.52 bits per heavy atom. The first kappa shape index (κ1) is 16.8. The number of hydrogen-bond donors (Lipinski definition) is 0. The molecular formula is C21H16F2O2. The molecule has 126 valence electrons. The van der Waals surface area contributed by atoms with Crippen LogP contribution in [0.1, 0.15) is 22.3 Å². The highest BCUT2D eigenvalue weighted by Gasteiger charge is 2.11. The third-order valence-corrected chi connectivity index (χ3v) is 3.92. The molecule has 0 unspecified atom stereocenters. The van der Waals surface area contributed by atoms with Crippen molar-refractivity contribution in [2.45, 2.75) is 12.8 Å². The van der Waals surface area contributed by atoms with Crippen LogP contribution in [0.3, 0.4) is 0 Å². The Kier molecular flexibility index (Phi) is 4.89. The molecule has 0 amide bonds. The maximum absolute atomic E-state index is 13.7. The molecule has 0 atom stereocenters. The Balaban J connectivity index is 1.77. The van der Waals surface area contributed by atoms with Gasteiger partial charge in [0.05, 0.1) is 5.56 Å². The summed E-state index contributed by atoms with van der Waals surface area (Å²) in [5.74, 6) is -2.05. The van der Waals surface area contributed by atoms with Crippen LogP contribution >= 0.6 is 0 Å². The number of esters is 1. The largest absolute Gasteiger partial charge is 0.423 e. The van der Waals surface area contributed by atoms with E-state index in [0.29, 0.717) is 10.9 Å². The van der Waals surface area contributed by atoms with E-state index in [2.05, 4.69) is 6.58 Å². The average molecular weight is 338 g/mol. The Morgan fingerprint density at radius 1 is 1.04 bits per heavy atom. The first-order chi connectivity index (χ1) is 12.1. The Hall–Kier alpha value is -3.01. The summed E-state index contributed by atoms with van der Waals surface area (Å²) >= 11 is 0. The average Bonchev–Trinajstić information content (AvgIpc) is 2.63. The number of fused-ring (bicyclic) bond motifs is 1. The van der Waals surface area contributed by atoms with Gasteiger partial charge in [-0.1, -0.05) is 24.3 Å². The van der Waals surface area contributed by atoms with Crippen molar-refractivity contribution in [1.29, 1.82) is 0 Å². The van der Waals surface area contributed by atoms with E-state index in [1.54, 1.807) is 12.1 Å². The third-order valence-electron chi connectivity index (χ3n) is 3.92. The number of benzene rings is 3. The lowest BCUT2D eigenvalue weighted by atomic mass is 10.1. The van der Waals surface area contributed by atoms with Gasteiger partial charge in [-0.15, -0.1) is 6.58 Å². The zero-order valence-electron chi connectivity index (χ0n) is 13.5. The van der Waals surface area contributed by atoms with Crippen LogP contribution in [-0.2, 0) is 6.42 Å². The first-order valence-corrected chi connectivity index (χ1v) is 7.88. The molecule has 0 bridgehead atoms. The summed E-state index contributed by atoms with van der Waals surface area (Å²) in [5.41, 5.74) is 1.53. The van der Waals surface area contributed by atoms with E-state index in [9.17, 15) is 13.6 Å². The van der Waals surface area contributed by atoms with E-state index < -0.39 is 17.6 Å². The second-order valence-electron chi connectivity index (χ2n) is 5.66. The fraction of sp³-hybridized carbons (Fsp3) is 0.0952. The van der Waals surface area contributed by atoms with Gasteiger partial charge in [0.2, 0.25) is 0 Å². The standard InChI is InChI=1S/C21H16F2O2/c1-2-3-4-14-5-7-15(8-6-14)21(24)25-17-10-11-18-16(13-17)9-12-19(22)20(18)23/h2,5-13H,1,3-4H2. The molecule has 2 nitrogen and oxygen atoms in total. The van der Waals surface area contributed by atoms with Gasteiger partial charge in [0, 0.05) is 5.39 Å². The number of carbonyl (C=O) groups excluding carboxylic acids is 1. The van der Waals surface area contributed by atoms with Crippen molar-refractivity contribution in [2.24, 2.45) is 0 Å². The molecule has 0 aliphatic carbocycles. The van der Waals surface area contributed by atoms with Gasteiger partial charge >= 0.3 is 5.97 Å². The van der Waals surface area contributed by atoms with Gasteiger partial charge in [-0.2, -0.15) is 0 Å². The molecule has 3 rings (SSSR count). The SMILES string of the molecule is C=CCCc1ccc(C(=O)Oc2ccc3c(F)c(F)ccc3c2)cc1. The number of hydrogen-bond acceptors (Lipinski definition) is 2. The second kappa shape index (κ2) is 7.26. The van der Waals surface area contributed by atoms with Crippen molar-refractivity contribution in [2.75, 3.05) is 0 Å². The molecule has 4 heteroatoms. The molecule has 0 aliphatic heterocycles. The van der Waals surface area contributed by atoms with Crippen molar-refractivity contribution >= 4 is 16.7 Å². The minimum Gasteiger partial charge on any atom is -0.423 e. The van der Waals surface area contributed by atoms with E-state index in [4.69, 9.17) is 4.74 Å². The molecule has 0 saturated heterocycles. The quantitative estimate of drug-likeness (QED) is 0.351. The number of ether oxygens (including phenoxy) is 1. The second-order valence-corrected chi connectivity index (χ2v) is 5.66. The molecule has 0 fully saturated rings. The van der Waals surface area contributed by atoms with Gasteiger partial charge in [-0.3, -0.25) is 0 Å². The Labute approximate surface area is 144 Å². The molecule has 0 heterocycles. The highest BCUT2D eigenvalue weighted by atomic mass is 19.2. The molecule has 0 radical (unpaired) electrons. The minimum absolute atomic E-state index is 0.145. The molecule has 0 saturated carbocycles. The summed E-state index contributed by atoms with van der Waals surface area (Å²) in [6, 6.07) is 14.0. The number of allylic oxidation sites excluding steroid dienone is 1. The summed E-state index contributed by atoms with van der Waals surface area (Å²) in [6.07, 6.45) is 3.58.